The Morgan fingerprint density at radius 1 is 1.22 bits per heavy atom. The molecule has 0 unspecified atom stereocenters. The molecule has 0 aromatic heterocycles. The molecule has 1 aliphatic heterocycles. The number of halogens is 3. The van der Waals surface area contributed by atoms with Crippen LogP contribution in [0.1, 0.15) is 12.5 Å². The Hall–Kier alpha value is -2.64. The molecule has 1 aliphatic rings. The van der Waals surface area contributed by atoms with Crippen molar-refractivity contribution in [1.29, 1.82) is 0 Å². The first kappa shape index (κ1) is 19.1. The zero-order valence-electron chi connectivity index (χ0n) is 14.1. The van der Waals surface area contributed by atoms with Gasteiger partial charge in [-0.05, 0) is 31.2 Å². The lowest BCUT2D eigenvalue weighted by Crippen LogP contribution is -2.42. The Balaban J connectivity index is 1.79. The van der Waals surface area contributed by atoms with E-state index in [1.165, 1.54) is 19.1 Å². The Bertz CT molecular complexity index is 953. The summed E-state index contributed by atoms with van der Waals surface area (Å²) in [6.45, 7) is 0.916. The second-order valence-electron chi connectivity index (χ2n) is 6.10. The van der Waals surface area contributed by atoms with E-state index in [1.807, 2.05) is 0 Å². The summed E-state index contributed by atoms with van der Waals surface area (Å²) in [5.74, 6) is -2.07. The van der Waals surface area contributed by atoms with E-state index in [0.717, 1.165) is 11.0 Å². The zero-order valence-corrected chi connectivity index (χ0v) is 15.6. The maximum absolute atomic E-state index is 13.7. The third-order valence-corrected chi connectivity index (χ3v) is 4.76. The van der Waals surface area contributed by atoms with Crippen LogP contribution < -0.4 is 10.6 Å². The molecule has 27 heavy (non-hydrogen) atoms. The number of nitrogens with one attached hydrogen (secondary N) is 2. The Kier molecular flexibility index (Phi) is 5.08. The monoisotopic (exact) mass is 409 g/mol. The largest absolute Gasteiger partial charge is 0.325 e. The molecule has 3 rings (SSSR count). The molecule has 0 aliphatic carbocycles. The van der Waals surface area contributed by atoms with Crippen LogP contribution in [-0.4, -0.2) is 29.3 Å². The highest BCUT2D eigenvalue weighted by Gasteiger charge is 2.50. The van der Waals surface area contributed by atoms with Gasteiger partial charge in [0, 0.05) is 15.6 Å². The van der Waals surface area contributed by atoms with Crippen molar-refractivity contribution in [1.82, 2.24) is 10.2 Å². The molecule has 4 amide bonds. The molecule has 0 spiro atoms. The Labute approximate surface area is 164 Å². The van der Waals surface area contributed by atoms with Crippen LogP contribution in [0.5, 0.6) is 0 Å². The van der Waals surface area contributed by atoms with E-state index < -0.39 is 35.7 Å². The minimum Gasteiger partial charge on any atom is -0.322 e. The van der Waals surface area contributed by atoms with Gasteiger partial charge < -0.3 is 10.6 Å². The number of imide groups is 1. The first-order valence-electron chi connectivity index (χ1n) is 7.86. The minimum atomic E-state index is -1.41. The number of benzene rings is 2. The zero-order chi connectivity index (χ0) is 19.8. The van der Waals surface area contributed by atoms with E-state index in [9.17, 15) is 18.8 Å². The number of carbonyl (C=O) groups is 3. The summed E-state index contributed by atoms with van der Waals surface area (Å²) in [7, 11) is 0. The molecule has 6 nitrogen and oxygen atoms in total. The van der Waals surface area contributed by atoms with Gasteiger partial charge in [0.15, 0.2) is 0 Å². The van der Waals surface area contributed by atoms with E-state index in [0.29, 0.717) is 10.6 Å². The first-order valence-corrected chi connectivity index (χ1v) is 8.62. The molecule has 1 heterocycles. The van der Waals surface area contributed by atoms with Gasteiger partial charge in [-0.1, -0.05) is 41.4 Å². The molecule has 1 fully saturated rings. The summed E-state index contributed by atoms with van der Waals surface area (Å²) in [5, 5.41) is 5.39. The van der Waals surface area contributed by atoms with Gasteiger partial charge in [0.1, 0.15) is 17.9 Å². The second-order valence-corrected chi connectivity index (χ2v) is 6.94. The van der Waals surface area contributed by atoms with E-state index >= 15 is 0 Å². The molecule has 2 aromatic rings. The third kappa shape index (κ3) is 3.61. The number of carbonyl (C=O) groups excluding carboxylic acids is 3. The van der Waals surface area contributed by atoms with Crippen molar-refractivity contribution >= 4 is 46.7 Å². The van der Waals surface area contributed by atoms with Crippen molar-refractivity contribution in [3.05, 3.63) is 63.9 Å². The van der Waals surface area contributed by atoms with Crippen LogP contribution in [0.4, 0.5) is 14.9 Å². The second kappa shape index (κ2) is 7.17. The van der Waals surface area contributed by atoms with Crippen LogP contribution in [0.15, 0.2) is 42.5 Å². The fourth-order valence-electron chi connectivity index (χ4n) is 2.82. The van der Waals surface area contributed by atoms with Crippen molar-refractivity contribution in [3.63, 3.8) is 0 Å². The molecule has 0 bridgehead atoms. The number of urea groups is 1. The van der Waals surface area contributed by atoms with Gasteiger partial charge >= 0.3 is 6.03 Å². The van der Waals surface area contributed by atoms with E-state index in [4.69, 9.17) is 23.2 Å². The average molecular weight is 410 g/mol. The van der Waals surface area contributed by atoms with Gasteiger partial charge in [0.2, 0.25) is 5.91 Å². The molecular formula is C18H14Cl2FN3O3. The minimum absolute atomic E-state index is 0.145. The smallest absolute Gasteiger partial charge is 0.322 e. The molecule has 0 radical (unpaired) electrons. The standard InChI is InChI=1S/C18H14Cl2FN3O3/c1-18(11-4-2-3-5-12(11)20)16(26)24(17(27)23-18)9-15(25)22-14-8-10(19)6-7-13(14)21/h2-8H,9H2,1H3,(H,22,25)(H,23,27)/t18-/m1/s1. The number of rotatable bonds is 4. The van der Waals surface area contributed by atoms with Crippen molar-refractivity contribution in [2.45, 2.75) is 12.5 Å². The average Bonchev–Trinajstić information content (AvgIpc) is 2.82. The molecule has 1 saturated heterocycles. The fourth-order valence-corrected chi connectivity index (χ4v) is 3.31. The van der Waals surface area contributed by atoms with Gasteiger partial charge in [0.25, 0.3) is 5.91 Å². The quantitative estimate of drug-likeness (QED) is 0.757. The lowest BCUT2D eigenvalue weighted by molar-refractivity contribution is -0.133. The van der Waals surface area contributed by atoms with Crippen molar-refractivity contribution in [3.8, 4) is 0 Å². The highest BCUT2D eigenvalue weighted by Crippen LogP contribution is 2.33. The summed E-state index contributed by atoms with van der Waals surface area (Å²) < 4.78 is 13.7. The van der Waals surface area contributed by atoms with Crippen LogP contribution >= 0.6 is 23.2 Å². The van der Waals surface area contributed by atoms with Crippen molar-refractivity contribution in [2.24, 2.45) is 0 Å². The molecule has 2 aromatic carbocycles. The predicted octanol–water partition coefficient (Wildman–Crippen LogP) is 3.54. The molecule has 9 heteroatoms. The third-order valence-electron chi connectivity index (χ3n) is 4.19. The number of hydrogen-bond donors (Lipinski definition) is 2. The number of anilines is 1. The van der Waals surface area contributed by atoms with Gasteiger partial charge in [-0.2, -0.15) is 0 Å². The molecule has 2 N–H and O–H groups in total. The summed E-state index contributed by atoms with van der Waals surface area (Å²) in [4.78, 5) is 38.0. The van der Waals surface area contributed by atoms with Crippen LogP contribution in [-0.2, 0) is 15.1 Å². The summed E-state index contributed by atoms with van der Waals surface area (Å²) >= 11 is 11.9. The lowest BCUT2D eigenvalue weighted by Gasteiger charge is -2.23. The number of nitrogens with zero attached hydrogens (tertiary/aromatic N) is 1. The molecular weight excluding hydrogens is 396 g/mol. The summed E-state index contributed by atoms with van der Waals surface area (Å²) in [6, 6.07) is 9.51. The maximum atomic E-state index is 13.7. The SMILES string of the molecule is C[C@]1(c2ccccc2Cl)NC(=O)N(CC(=O)Nc2cc(Cl)ccc2F)C1=O. The normalized spacial score (nSPS) is 19.2. The Morgan fingerprint density at radius 2 is 1.93 bits per heavy atom. The number of hydrogen-bond acceptors (Lipinski definition) is 3. The predicted molar refractivity (Wildman–Crippen MR) is 99.1 cm³/mol. The van der Waals surface area contributed by atoms with Gasteiger partial charge in [-0.15, -0.1) is 0 Å². The fraction of sp³-hybridized carbons (Fsp3) is 0.167. The molecule has 0 saturated carbocycles. The van der Waals surface area contributed by atoms with Gasteiger partial charge in [0.05, 0.1) is 5.69 Å². The van der Waals surface area contributed by atoms with Crippen molar-refractivity contribution < 1.29 is 18.8 Å². The van der Waals surface area contributed by atoms with Crippen LogP contribution in [0.25, 0.3) is 0 Å². The van der Waals surface area contributed by atoms with E-state index in [1.54, 1.807) is 24.3 Å². The molecule has 1 atom stereocenters. The topological polar surface area (TPSA) is 78.5 Å². The van der Waals surface area contributed by atoms with Gasteiger partial charge in [-0.25, -0.2) is 9.18 Å². The van der Waals surface area contributed by atoms with Crippen molar-refractivity contribution in [2.75, 3.05) is 11.9 Å². The van der Waals surface area contributed by atoms with Crippen LogP contribution in [0.3, 0.4) is 0 Å². The summed E-state index contributed by atoms with van der Waals surface area (Å²) in [6.07, 6.45) is 0. The van der Waals surface area contributed by atoms with Crippen LogP contribution in [0.2, 0.25) is 10.0 Å². The van der Waals surface area contributed by atoms with E-state index in [-0.39, 0.29) is 10.7 Å². The van der Waals surface area contributed by atoms with Gasteiger partial charge in [-0.3, -0.25) is 14.5 Å². The highest BCUT2D eigenvalue weighted by molar-refractivity contribution is 6.32. The molecule has 140 valence electrons. The van der Waals surface area contributed by atoms with Crippen LogP contribution in [0, 0.1) is 5.82 Å². The van der Waals surface area contributed by atoms with E-state index in [2.05, 4.69) is 10.6 Å². The summed E-state index contributed by atoms with van der Waals surface area (Å²) in [5.41, 5.74) is -1.14. The maximum Gasteiger partial charge on any atom is 0.325 e. The Morgan fingerprint density at radius 3 is 2.63 bits per heavy atom. The first-order chi connectivity index (χ1) is 12.7. The lowest BCUT2D eigenvalue weighted by atomic mass is 9.92. The highest BCUT2D eigenvalue weighted by atomic mass is 35.5. The number of amides is 4.